The fourth-order valence-corrected chi connectivity index (χ4v) is 3.03. The zero-order valence-corrected chi connectivity index (χ0v) is 17.7. The average Bonchev–Trinajstić information content (AvgIpc) is 2.79. The van der Waals surface area contributed by atoms with E-state index in [9.17, 15) is 14.4 Å². The molecule has 1 heterocycles. The molecular weight excluding hydrogens is 410 g/mol. The minimum atomic E-state index is -0.538. The van der Waals surface area contributed by atoms with Gasteiger partial charge in [-0.25, -0.2) is 9.48 Å². The third-order valence-corrected chi connectivity index (χ3v) is 4.55. The Bertz CT molecular complexity index is 1160. The van der Waals surface area contributed by atoms with Crippen LogP contribution >= 0.6 is 0 Å². The first-order valence-corrected chi connectivity index (χ1v) is 10.2. The predicted molar refractivity (Wildman–Crippen MR) is 121 cm³/mol. The quantitative estimate of drug-likeness (QED) is 0.497. The van der Waals surface area contributed by atoms with Gasteiger partial charge < -0.3 is 15.8 Å². The maximum atomic E-state index is 12.4. The van der Waals surface area contributed by atoms with Crippen molar-refractivity contribution in [2.45, 2.75) is 20.0 Å². The van der Waals surface area contributed by atoms with Gasteiger partial charge in [0, 0.05) is 23.9 Å². The lowest BCUT2D eigenvalue weighted by Gasteiger charge is -2.10. The summed E-state index contributed by atoms with van der Waals surface area (Å²) in [5.74, 6) is -0.234. The van der Waals surface area contributed by atoms with Crippen molar-refractivity contribution in [3.8, 4) is 11.3 Å². The van der Waals surface area contributed by atoms with E-state index >= 15 is 0 Å². The van der Waals surface area contributed by atoms with E-state index in [4.69, 9.17) is 10.5 Å². The average molecular weight is 435 g/mol. The standard InChI is InChI=1S/C23H25N5O4/c1-2-32-23(31)26-19-8-4-6-17(12-19)15-28-22(30)10-9-20(27-28)18-7-3-5-16(11-18)14-25-21(29)13-24/h3-12H,2,13-15,24H2,1H3,(H,25,29)(H,26,31). The fraction of sp³-hybridized carbons (Fsp3) is 0.217. The Morgan fingerprint density at radius 3 is 2.62 bits per heavy atom. The molecule has 0 fully saturated rings. The lowest BCUT2D eigenvalue weighted by atomic mass is 10.1. The predicted octanol–water partition coefficient (Wildman–Crippen LogP) is 2.10. The number of hydrogen-bond acceptors (Lipinski definition) is 6. The summed E-state index contributed by atoms with van der Waals surface area (Å²) in [6.45, 7) is 2.52. The topological polar surface area (TPSA) is 128 Å². The van der Waals surface area contributed by atoms with Gasteiger partial charge >= 0.3 is 6.09 Å². The second-order valence-electron chi connectivity index (χ2n) is 6.94. The third kappa shape index (κ3) is 6.26. The summed E-state index contributed by atoms with van der Waals surface area (Å²) in [7, 11) is 0. The minimum absolute atomic E-state index is 0.0667. The number of aromatic nitrogens is 2. The highest BCUT2D eigenvalue weighted by molar-refractivity contribution is 5.84. The van der Waals surface area contributed by atoms with Crippen LogP contribution in [-0.4, -0.2) is 34.9 Å². The maximum Gasteiger partial charge on any atom is 0.411 e. The molecular formula is C23H25N5O4. The van der Waals surface area contributed by atoms with Crippen LogP contribution in [0.15, 0.2) is 65.5 Å². The highest BCUT2D eigenvalue weighted by atomic mass is 16.5. The number of rotatable bonds is 8. The molecule has 2 amide bonds. The van der Waals surface area contributed by atoms with Crippen molar-refractivity contribution in [3.05, 3.63) is 82.1 Å². The Hall–Kier alpha value is -3.98. The molecule has 0 aliphatic heterocycles. The van der Waals surface area contributed by atoms with Crippen LogP contribution in [0.2, 0.25) is 0 Å². The number of carbonyl (C=O) groups is 2. The van der Waals surface area contributed by atoms with Crippen LogP contribution in [0, 0.1) is 0 Å². The van der Waals surface area contributed by atoms with Crippen LogP contribution in [0.3, 0.4) is 0 Å². The van der Waals surface area contributed by atoms with Gasteiger partial charge in [0.05, 0.1) is 25.4 Å². The molecule has 1 aromatic heterocycles. The van der Waals surface area contributed by atoms with Crippen LogP contribution in [-0.2, 0) is 22.6 Å². The Morgan fingerprint density at radius 2 is 1.84 bits per heavy atom. The molecule has 0 saturated carbocycles. The van der Waals surface area contributed by atoms with E-state index < -0.39 is 6.09 Å². The normalized spacial score (nSPS) is 10.4. The molecule has 0 unspecified atom stereocenters. The lowest BCUT2D eigenvalue weighted by molar-refractivity contribution is -0.119. The summed E-state index contributed by atoms with van der Waals surface area (Å²) in [6, 6.07) is 17.8. The SMILES string of the molecule is CCOC(=O)Nc1cccc(Cn2nc(-c3cccc(CNC(=O)CN)c3)ccc2=O)c1. The molecule has 32 heavy (non-hydrogen) atoms. The van der Waals surface area contributed by atoms with Crippen LogP contribution in [0.5, 0.6) is 0 Å². The molecule has 0 saturated heterocycles. The van der Waals surface area contributed by atoms with Crippen LogP contribution in [0.25, 0.3) is 11.3 Å². The third-order valence-electron chi connectivity index (χ3n) is 4.55. The molecule has 0 spiro atoms. The number of nitrogens with two attached hydrogens (primary N) is 1. The number of nitrogens with zero attached hydrogens (tertiary/aromatic N) is 2. The molecule has 166 valence electrons. The minimum Gasteiger partial charge on any atom is -0.450 e. The molecule has 0 aliphatic carbocycles. The first-order valence-electron chi connectivity index (χ1n) is 10.2. The first kappa shape index (κ1) is 22.7. The summed E-state index contributed by atoms with van der Waals surface area (Å²) in [5, 5.41) is 9.87. The number of benzene rings is 2. The summed E-state index contributed by atoms with van der Waals surface area (Å²) < 4.78 is 6.25. The van der Waals surface area contributed by atoms with Gasteiger partial charge in [-0.2, -0.15) is 5.10 Å². The van der Waals surface area contributed by atoms with Crippen molar-refractivity contribution in [2.24, 2.45) is 5.73 Å². The van der Waals surface area contributed by atoms with E-state index in [0.717, 1.165) is 16.7 Å². The largest absolute Gasteiger partial charge is 0.450 e. The van der Waals surface area contributed by atoms with E-state index in [-0.39, 0.29) is 31.2 Å². The summed E-state index contributed by atoms with van der Waals surface area (Å²) in [6.07, 6.45) is -0.538. The van der Waals surface area contributed by atoms with Crippen molar-refractivity contribution >= 4 is 17.7 Å². The molecule has 0 radical (unpaired) electrons. The molecule has 4 N–H and O–H groups in total. The highest BCUT2D eigenvalue weighted by Crippen LogP contribution is 2.18. The summed E-state index contributed by atoms with van der Waals surface area (Å²) in [5.41, 5.74) is 8.76. The number of anilines is 1. The van der Waals surface area contributed by atoms with Gasteiger partial charge in [0.2, 0.25) is 5.91 Å². The first-order chi connectivity index (χ1) is 15.5. The van der Waals surface area contributed by atoms with Crippen molar-refractivity contribution < 1.29 is 14.3 Å². The second kappa shape index (κ2) is 10.9. The monoisotopic (exact) mass is 435 g/mol. The molecule has 0 bridgehead atoms. The van der Waals surface area contributed by atoms with Crippen LogP contribution in [0.4, 0.5) is 10.5 Å². The Labute approximate surface area is 185 Å². The van der Waals surface area contributed by atoms with Gasteiger partial charge in [-0.15, -0.1) is 0 Å². The van der Waals surface area contributed by atoms with Crippen molar-refractivity contribution in [1.29, 1.82) is 0 Å². The van der Waals surface area contributed by atoms with Gasteiger partial charge in [-0.05, 0) is 42.3 Å². The molecule has 3 rings (SSSR count). The number of amides is 2. The van der Waals surface area contributed by atoms with Crippen LogP contribution in [0.1, 0.15) is 18.1 Å². The van der Waals surface area contributed by atoms with Crippen LogP contribution < -0.4 is 21.9 Å². The molecule has 9 nitrogen and oxygen atoms in total. The summed E-state index contributed by atoms with van der Waals surface area (Å²) >= 11 is 0. The molecule has 3 aromatic rings. The van der Waals surface area contributed by atoms with E-state index in [1.807, 2.05) is 30.3 Å². The van der Waals surface area contributed by atoms with Crippen molar-refractivity contribution in [1.82, 2.24) is 15.1 Å². The van der Waals surface area contributed by atoms with Gasteiger partial charge in [-0.3, -0.25) is 14.9 Å². The Kier molecular flexibility index (Phi) is 7.71. The Balaban J connectivity index is 1.79. The number of carbonyl (C=O) groups excluding carboxylic acids is 2. The Morgan fingerprint density at radius 1 is 1.06 bits per heavy atom. The van der Waals surface area contributed by atoms with E-state index in [1.165, 1.54) is 10.7 Å². The van der Waals surface area contributed by atoms with Gasteiger partial charge in [0.1, 0.15) is 0 Å². The number of ether oxygens (including phenoxy) is 1. The number of hydrogen-bond donors (Lipinski definition) is 3. The highest BCUT2D eigenvalue weighted by Gasteiger charge is 2.08. The van der Waals surface area contributed by atoms with Gasteiger partial charge in [0.15, 0.2) is 0 Å². The molecule has 0 atom stereocenters. The van der Waals surface area contributed by atoms with E-state index in [2.05, 4.69) is 15.7 Å². The lowest BCUT2D eigenvalue weighted by Crippen LogP contribution is -2.29. The fourth-order valence-electron chi connectivity index (χ4n) is 3.03. The van der Waals surface area contributed by atoms with Gasteiger partial charge in [-0.1, -0.05) is 30.3 Å². The van der Waals surface area contributed by atoms with E-state index in [1.54, 1.807) is 31.2 Å². The smallest absolute Gasteiger partial charge is 0.411 e. The molecule has 9 heteroatoms. The maximum absolute atomic E-state index is 12.4. The van der Waals surface area contributed by atoms with Gasteiger partial charge in [0.25, 0.3) is 5.56 Å². The second-order valence-corrected chi connectivity index (χ2v) is 6.94. The van der Waals surface area contributed by atoms with E-state index in [0.29, 0.717) is 17.9 Å². The molecule has 0 aliphatic rings. The molecule has 2 aromatic carbocycles. The number of nitrogens with one attached hydrogen (secondary N) is 2. The van der Waals surface area contributed by atoms with Crippen molar-refractivity contribution in [3.63, 3.8) is 0 Å². The zero-order valence-electron chi connectivity index (χ0n) is 17.7. The van der Waals surface area contributed by atoms with Crippen molar-refractivity contribution in [2.75, 3.05) is 18.5 Å². The summed E-state index contributed by atoms with van der Waals surface area (Å²) in [4.78, 5) is 35.4. The zero-order chi connectivity index (χ0) is 22.9.